The van der Waals surface area contributed by atoms with E-state index in [0.29, 0.717) is 6.04 Å². The molecule has 1 aliphatic heterocycles. The number of carbonyl (C=O) groups excluding carboxylic acids is 1. The zero-order valence-corrected chi connectivity index (χ0v) is 8.18. The molecule has 0 radical (unpaired) electrons. The normalized spacial score (nSPS) is 33.3. The van der Waals surface area contributed by atoms with Gasteiger partial charge in [-0.05, 0) is 38.6 Å². The van der Waals surface area contributed by atoms with Crippen molar-refractivity contribution in [3.63, 3.8) is 0 Å². The summed E-state index contributed by atoms with van der Waals surface area (Å²) in [5, 5.41) is 6.33. The van der Waals surface area contributed by atoms with Gasteiger partial charge in [-0.3, -0.25) is 4.79 Å². The molecule has 0 aromatic rings. The van der Waals surface area contributed by atoms with E-state index in [1.807, 2.05) is 0 Å². The topological polar surface area (TPSA) is 41.1 Å². The van der Waals surface area contributed by atoms with E-state index in [1.54, 1.807) is 0 Å². The van der Waals surface area contributed by atoms with E-state index in [2.05, 4.69) is 17.6 Å². The molecule has 0 aromatic heterocycles. The van der Waals surface area contributed by atoms with Crippen molar-refractivity contribution in [2.24, 2.45) is 11.8 Å². The van der Waals surface area contributed by atoms with E-state index >= 15 is 0 Å². The predicted molar refractivity (Wildman–Crippen MR) is 51.3 cm³/mol. The first-order valence-electron chi connectivity index (χ1n) is 5.28. The minimum Gasteiger partial charge on any atom is -0.356 e. The third-order valence-corrected chi connectivity index (χ3v) is 3.12. The molecular formula is C10H18N2O. The lowest BCUT2D eigenvalue weighted by Crippen LogP contribution is -2.37. The van der Waals surface area contributed by atoms with Gasteiger partial charge in [0.2, 0.25) is 5.91 Å². The molecule has 2 N–H and O–H groups in total. The molecule has 3 nitrogen and oxygen atoms in total. The summed E-state index contributed by atoms with van der Waals surface area (Å²) in [6, 6.07) is 0.360. The Bertz CT molecular complexity index is 201. The van der Waals surface area contributed by atoms with Crippen LogP contribution >= 0.6 is 0 Å². The zero-order valence-electron chi connectivity index (χ0n) is 8.18. The summed E-state index contributed by atoms with van der Waals surface area (Å²) >= 11 is 0. The summed E-state index contributed by atoms with van der Waals surface area (Å²) in [5.74, 6) is 1.25. The molecule has 2 rings (SSSR count). The predicted octanol–water partition coefficient (Wildman–Crippen LogP) is 0.511. The minimum absolute atomic E-state index is 0.207. The molecule has 1 aliphatic carbocycles. The number of rotatable bonds is 3. The number of nitrogens with one attached hydrogen (secondary N) is 2. The Kier molecular flexibility index (Phi) is 2.54. The average Bonchev–Trinajstić information content (AvgIpc) is 2.84. The molecule has 1 saturated carbocycles. The van der Waals surface area contributed by atoms with Gasteiger partial charge >= 0.3 is 0 Å². The van der Waals surface area contributed by atoms with Crippen molar-refractivity contribution in [3.05, 3.63) is 0 Å². The van der Waals surface area contributed by atoms with Crippen LogP contribution in [0.15, 0.2) is 0 Å². The van der Waals surface area contributed by atoms with E-state index in [-0.39, 0.29) is 11.8 Å². The van der Waals surface area contributed by atoms with Crippen LogP contribution in [0.5, 0.6) is 0 Å². The first-order chi connectivity index (χ1) is 6.27. The number of hydrogen-bond donors (Lipinski definition) is 2. The van der Waals surface area contributed by atoms with Crippen LogP contribution in [0.1, 0.15) is 26.2 Å². The first-order valence-corrected chi connectivity index (χ1v) is 5.28. The molecule has 0 aromatic carbocycles. The highest BCUT2D eigenvalue weighted by Crippen LogP contribution is 2.27. The Labute approximate surface area is 79.3 Å². The fourth-order valence-electron chi connectivity index (χ4n) is 1.91. The van der Waals surface area contributed by atoms with E-state index < -0.39 is 0 Å². The second-order valence-corrected chi connectivity index (χ2v) is 4.33. The van der Waals surface area contributed by atoms with Gasteiger partial charge in [0, 0.05) is 12.6 Å². The van der Waals surface area contributed by atoms with Crippen molar-refractivity contribution in [2.45, 2.75) is 32.2 Å². The van der Waals surface area contributed by atoms with Gasteiger partial charge in [-0.2, -0.15) is 0 Å². The summed E-state index contributed by atoms with van der Waals surface area (Å²) in [4.78, 5) is 11.6. The molecule has 0 bridgehead atoms. The molecule has 2 aliphatic rings. The van der Waals surface area contributed by atoms with Crippen LogP contribution < -0.4 is 10.6 Å². The Balaban J connectivity index is 1.74. The second kappa shape index (κ2) is 3.66. The maximum absolute atomic E-state index is 11.6. The van der Waals surface area contributed by atoms with Gasteiger partial charge in [0.1, 0.15) is 0 Å². The Morgan fingerprint density at radius 2 is 2.23 bits per heavy atom. The van der Waals surface area contributed by atoms with Crippen LogP contribution in [0.2, 0.25) is 0 Å². The Hall–Kier alpha value is -0.570. The molecular weight excluding hydrogens is 164 g/mol. The van der Waals surface area contributed by atoms with Gasteiger partial charge in [-0.15, -0.1) is 0 Å². The highest BCUT2D eigenvalue weighted by molar-refractivity contribution is 5.79. The summed E-state index contributed by atoms with van der Waals surface area (Å²) in [7, 11) is 0. The van der Waals surface area contributed by atoms with Crippen molar-refractivity contribution < 1.29 is 4.79 Å². The number of hydrogen-bond acceptors (Lipinski definition) is 2. The lowest BCUT2D eigenvalue weighted by Gasteiger charge is -2.14. The summed E-state index contributed by atoms with van der Waals surface area (Å²) < 4.78 is 0. The van der Waals surface area contributed by atoms with Crippen molar-refractivity contribution in [3.8, 4) is 0 Å². The molecule has 2 atom stereocenters. The fourth-order valence-corrected chi connectivity index (χ4v) is 1.91. The van der Waals surface area contributed by atoms with E-state index in [4.69, 9.17) is 0 Å². The smallest absolute Gasteiger partial charge is 0.224 e. The zero-order chi connectivity index (χ0) is 9.26. The van der Waals surface area contributed by atoms with Gasteiger partial charge < -0.3 is 10.6 Å². The fraction of sp³-hybridized carbons (Fsp3) is 0.900. The molecule has 2 unspecified atom stereocenters. The van der Waals surface area contributed by atoms with Crippen molar-refractivity contribution >= 4 is 5.91 Å². The van der Waals surface area contributed by atoms with E-state index in [0.717, 1.165) is 25.4 Å². The van der Waals surface area contributed by atoms with Gasteiger partial charge in [-0.1, -0.05) is 0 Å². The third kappa shape index (κ3) is 2.21. The highest BCUT2D eigenvalue weighted by Gasteiger charge is 2.30. The van der Waals surface area contributed by atoms with Crippen LogP contribution in [-0.4, -0.2) is 25.0 Å². The Morgan fingerprint density at radius 1 is 1.46 bits per heavy atom. The molecule has 1 saturated heterocycles. The number of carbonyl (C=O) groups is 1. The van der Waals surface area contributed by atoms with Crippen LogP contribution in [-0.2, 0) is 4.79 Å². The average molecular weight is 182 g/mol. The third-order valence-electron chi connectivity index (χ3n) is 3.12. The quantitative estimate of drug-likeness (QED) is 0.667. The van der Waals surface area contributed by atoms with Crippen molar-refractivity contribution in [1.29, 1.82) is 0 Å². The van der Waals surface area contributed by atoms with Gasteiger partial charge in [0.15, 0.2) is 0 Å². The lowest BCUT2D eigenvalue weighted by atomic mass is 10.0. The van der Waals surface area contributed by atoms with Crippen LogP contribution in [0.3, 0.4) is 0 Å². The molecule has 74 valence electrons. The van der Waals surface area contributed by atoms with E-state index in [1.165, 1.54) is 12.8 Å². The highest BCUT2D eigenvalue weighted by atomic mass is 16.1. The molecule has 3 heteroatoms. The standard InChI is InChI=1S/C10H18N2O/c1-7-9(4-5-11-7)10(13)12-6-8-2-3-8/h7-9,11H,2-6H2,1H3,(H,12,13). The number of amides is 1. The molecule has 1 heterocycles. The van der Waals surface area contributed by atoms with Gasteiger partial charge in [0.05, 0.1) is 5.92 Å². The van der Waals surface area contributed by atoms with Gasteiger partial charge in [0.25, 0.3) is 0 Å². The monoisotopic (exact) mass is 182 g/mol. The molecule has 2 fully saturated rings. The van der Waals surface area contributed by atoms with Gasteiger partial charge in [-0.25, -0.2) is 0 Å². The van der Waals surface area contributed by atoms with Crippen molar-refractivity contribution in [1.82, 2.24) is 10.6 Å². The largest absolute Gasteiger partial charge is 0.356 e. The van der Waals surface area contributed by atoms with E-state index in [9.17, 15) is 4.79 Å². The van der Waals surface area contributed by atoms with Crippen LogP contribution in [0, 0.1) is 11.8 Å². The molecule has 0 spiro atoms. The lowest BCUT2D eigenvalue weighted by molar-refractivity contribution is -0.125. The minimum atomic E-state index is 0.207. The summed E-state index contributed by atoms with van der Waals surface area (Å²) in [5.41, 5.74) is 0. The molecule has 13 heavy (non-hydrogen) atoms. The summed E-state index contributed by atoms with van der Waals surface area (Å²) in [6.07, 6.45) is 3.61. The SMILES string of the molecule is CC1NCCC1C(=O)NCC1CC1. The maximum atomic E-state index is 11.6. The first kappa shape index (κ1) is 9.00. The second-order valence-electron chi connectivity index (χ2n) is 4.33. The maximum Gasteiger partial charge on any atom is 0.224 e. The van der Waals surface area contributed by atoms with Crippen LogP contribution in [0.25, 0.3) is 0 Å². The Morgan fingerprint density at radius 3 is 2.77 bits per heavy atom. The molecule has 1 amide bonds. The van der Waals surface area contributed by atoms with Crippen molar-refractivity contribution in [2.75, 3.05) is 13.1 Å². The summed E-state index contributed by atoms with van der Waals surface area (Å²) in [6.45, 7) is 3.99. The van der Waals surface area contributed by atoms with Crippen LogP contribution in [0.4, 0.5) is 0 Å².